The molecule has 7 heteroatoms. The van der Waals surface area contributed by atoms with E-state index in [1.54, 1.807) is 0 Å². The first-order valence-electron chi connectivity index (χ1n) is 5.95. The molecule has 1 N–H and O–H groups in total. The number of benzene rings is 1. The number of pyridine rings is 1. The van der Waals surface area contributed by atoms with Gasteiger partial charge in [-0.15, -0.1) is 0 Å². The van der Waals surface area contributed by atoms with Gasteiger partial charge in [0.15, 0.2) is 5.82 Å². The van der Waals surface area contributed by atoms with Crippen molar-refractivity contribution in [1.82, 2.24) is 4.98 Å². The molecule has 0 aliphatic heterocycles. The number of hydrogen-bond donors (Lipinski definition) is 1. The normalized spacial score (nSPS) is 11.3. The van der Waals surface area contributed by atoms with E-state index in [0.717, 1.165) is 12.1 Å². The molecule has 0 bridgehead atoms. The molecule has 2 rings (SSSR count). The van der Waals surface area contributed by atoms with Crippen molar-refractivity contribution in [3.63, 3.8) is 0 Å². The number of fused-ring (bicyclic) bond motifs is 1. The summed E-state index contributed by atoms with van der Waals surface area (Å²) in [5.74, 6) is -1.58. The highest BCUT2D eigenvalue weighted by Crippen LogP contribution is 2.34. The van der Waals surface area contributed by atoms with Gasteiger partial charge in [-0.05, 0) is 34.5 Å². The third kappa shape index (κ3) is 2.72. The molecule has 1 heterocycles. The van der Waals surface area contributed by atoms with Crippen LogP contribution >= 0.6 is 15.9 Å². The van der Waals surface area contributed by atoms with Crippen LogP contribution in [0.5, 0.6) is 0 Å². The number of anilines is 1. The lowest BCUT2D eigenvalue weighted by Crippen LogP contribution is -2.05. The molecule has 0 aliphatic carbocycles. The number of nitrogens with one attached hydrogen (secondary N) is 1. The van der Waals surface area contributed by atoms with Gasteiger partial charge in [0.2, 0.25) is 0 Å². The summed E-state index contributed by atoms with van der Waals surface area (Å²) in [6, 6.07) is 1.93. The number of aromatic nitrogens is 1. The molecule has 0 amide bonds. The molecule has 2 nitrogen and oxygen atoms in total. The predicted molar refractivity (Wildman–Crippen MR) is 73.1 cm³/mol. The van der Waals surface area contributed by atoms with Crippen molar-refractivity contribution >= 4 is 32.5 Å². The van der Waals surface area contributed by atoms with E-state index in [1.807, 2.05) is 6.92 Å². The van der Waals surface area contributed by atoms with Crippen molar-refractivity contribution in [3.05, 3.63) is 33.9 Å². The summed E-state index contributed by atoms with van der Waals surface area (Å²) in [7, 11) is 0. The Balaban J connectivity index is 2.77. The van der Waals surface area contributed by atoms with Crippen LogP contribution in [0.3, 0.4) is 0 Å². The van der Waals surface area contributed by atoms with Crippen LogP contribution in [0.4, 0.5) is 23.2 Å². The van der Waals surface area contributed by atoms with E-state index in [4.69, 9.17) is 0 Å². The van der Waals surface area contributed by atoms with Gasteiger partial charge >= 0.3 is 0 Å². The maximum Gasteiger partial charge on any atom is 0.280 e. The Morgan fingerprint density at radius 1 is 1.30 bits per heavy atom. The van der Waals surface area contributed by atoms with Crippen LogP contribution in [-0.4, -0.2) is 11.5 Å². The summed E-state index contributed by atoms with van der Waals surface area (Å²) in [6.45, 7) is 2.33. The Morgan fingerprint density at radius 2 is 2.00 bits per heavy atom. The zero-order chi connectivity index (χ0) is 14.9. The Kier molecular flexibility index (Phi) is 4.47. The van der Waals surface area contributed by atoms with E-state index in [0.29, 0.717) is 13.0 Å². The second-order valence-electron chi connectivity index (χ2n) is 4.20. The van der Waals surface area contributed by atoms with Crippen LogP contribution in [0.2, 0.25) is 0 Å². The molecule has 0 atom stereocenters. The molecule has 0 spiro atoms. The molecule has 1 aromatic heterocycles. The molecule has 0 unspecified atom stereocenters. The number of halogens is 5. The predicted octanol–water partition coefficient (Wildman–Crippen LogP) is 5.04. The minimum atomic E-state index is -2.85. The van der Waals surface area contributed by atoms with Crippen molar-refractivity contribution < 1.29 is 17.6 Å². The minimum Gasteiger partial charge on any atom is -0.384 e. The van der Waals surface area contributed by atoms with E-state index in [9.17, 15) is 17.6 Å². The molecule has 2 aromatic rings. The molecular weight excluding hydrogens is 340 g/mol. The summed E-state index contributed by atoms with van der Waals surface area (Å²) in [6.07, 6.45) is -2.14. The molecule has 108 valence electrons. The van der Waals surface area contributed by atoms with Gasteiger partial charge in [-0.2, -0.15) is 0 Å². The molecule has 1 aromatic carbocycles. The van der Waals surface area contributed by atoms with Gasteiger partial charge in [0.1, 0.15) is 17.0 Å². The lowest BCUT2D eigenvalue weighted by Gasteiger charge is -2.13. The maximum absolute atomic E-state index is 14.1. The lowest BCUT2D eigenvalue weighted by molar-refractivity contribution is 0.146. The number of hydrogen-bond acceptors (Lipinski definition) is 2. The Bertz CT molecular complexity index is 646. The average molecular weight is 351 g/mol. The van der Waals surface area contributed by atoms with Crippen molar-refractivity contribution in [1.29, 1.82) is 0 Å². The van der Waals surface area contributed by atoms with Gasteiger partial charge in [0, 0.05) is 12.2 Å². The van der Waals surface area contributed by atoms with Crippen molar-refractivity contribution in [3.8, 4) is 0 Å². The Labute approximate surface area is 121 Å². The largest absolute Gasteiger partial charge is 0.384 e. The number of nitrogens with zero attached hydrogens (tertiary/aromatic N) is 1. The van der Waals surface area contributed by atoms with Gasteiger partial charge in [0.05, 0.1) is 9.86 Å². The van der Waals surface area contributed by atoms with Crippen molar-refractivity contribution in [2.75, 3.05) is 11.9 Å². The highest BCUT2D eigenvalue weighted by Gasteiger charge is 2.20. The van der Waals surface area contributed by atoms with Crippen LogP contribution < -0.4 is 5.32 Å². The molecular formula is C13H11BrF4N2. The van der Waals surface area contributed by atoms with Crippen LogP contribution in [-0.2, 0) is 0 Å². The van der Waals surface area contributed by atoms with E-state index in [-0.39, 0.29) is 15.5 Å². The summed E-state index contributed by atoms with van der Waals surface area (Å²) >= 11 is 2.90. The van der Waals surface area contributed by atoms with Crippen molar-refractivity contribution in [2.45, 2.75) is 19.8 Å². The number of rotatable bonds is 4. The van der Waals surface area contributed by atoms with E-state index in [2.05, 4.69) is 26.2 Å². The van der Waals surface area contributed by atoms with Gasteiger partial charge < -0.3 is 5.32 Å². The fraction of sp³-hybridized carbons (Fsp3) is 0.308. The topological polar surface area (TPSA) is 24.9 Å². The molecule has 0 saturated heterocycles. The minimum absolute atomic E-state index is 0.0753. The van der Waals surface area contributed by atoms with Crippen molar-refractivity contribution in [2.24, 2.45) is 0 Å². The van der Waals surface area contributed by atoms with Gasteiger partial charge in [-0.1, -0.05) is 6.92 Å². The summed E-state index contributed by atoms with van der Waals surface area (Å²) in [5.41, 5.74) is -0.872. The maximum atomic E-state index is 14.1. The summed E-state index contributed by atoms with van der Waals surface area (Å²) in [4.78, 5) is 3.52. The fourth-order valence-corrected chi connectivity index (χ4v) is 2.23. The smallest absolute Gasteiger partial charge is 0.280 e. The van der Waals surface area contributed by atoms with Crippen LogP contribution in [0.1, 0.15) is 25.5 Å². The van der Waals surface area contributed by atoms with Gasteiger partial charge in [-0.3, -0.25) is 0 Å². The molecule has 0 fully saturated rings. The first kappa shape index (κ1) is 15.0. The van der Waals surface area contributed by atoms with Gasteiger partial charge in [0.25, 0.3) is 6.43 Å². The Morgan fingerprint density at radius 3 is 2.60 bits per heavy atom. The monoisotopic (exact) mass is 350 g/mol. The third-order valence-electron chi connectivity index (χ3n) is 2.74. The quantitative estimate of drug-likeness (QED) is 0.617. The zero-order valence-corrected chi connectivity index (χ0v) is 12.1. The van der Waals surface area contributed by atoms with Crippen LogP contribution in [0.15, 0.2) is 16.6 Å². The molecule has 0 aliphatic rings. The van der Waals surface area contributed by atoms with Crippen LogP contribution in [0.25, 0.3) is 10.9 Å². The summed E-state index contributed by atoms with van der Waals surface area (Å²) < 4.78 is 53.5. The molecule has 20 heavy (non-hydrogen) atoms. The fourth-order valence-electron chi connectivity index (χ4n) is 1.83. The van der Waals surface area contributed by atoms with E-state index < -0.39 is 29.3 Å². The lowest BCUT2D eigenvalue weighted by atomic mass is 10.1. The van der Waals surface area contributed by atoms with E-state index in [1.165, 1.54) is 0 Å². The SMILES string of the molecule is CCCNc1cc(C(F)F)nc2c(F)cc(Br)c(F)c12. The molecule has 0 radical (unpaired) electrons. The third-order valence-corrected chi connectivity index (χ3v) is 3.31. The van der Waals surface area contributed by atoms with E-state index >= 15 is 0 Å². The number of alkyl halides is 2. The zero-order valence-electron chi connectivity index (χ0n) is 10.5. The summed E-state index contributed by atoms with van der Waals surface area (Å²) in [5, 5.41) is 2.70. The average Bonchev–Trinajstić information content (AvgIpc) is 2.41. The standard InChI is InChI=1S/C13H11BrF4N2/c1-2-3-19-8-5-9(13(17)18)20-12-7(15)4-6(14)11(16)10(8)12/h4-5,13H,2-3H2,1H3,(H,19,20). The highest BCUT2D eigenvalue weighted by atomic mass is 79.9. The second-order valence-corrected chi connectivity index (χ2v) is 5.05. The van der Waals surface area contributed by atoms with Gasteiger partial charge in [-0.25, -0.2) is 22.5 Å². The second kappa shape index (κ2) is 5.95. The van der Waals surface area contributed by atoms with Crippen LogP contribution in [0, 0.1) is 11.6 Å². The first-order valence-corrected chi connectivity index (χ1v) is 6.75. The Hall–Kier alpha value is -1.37. The first-order chi connectivity index (χ1) is 9.45. The highest BCUT2D eigenvalue weighted by molar-refractivity contribution is 9.10. The molecule has 0 saturated carbocycles.